The lowest BCUT2D eigenvalue weighted by Crippen LogP contribution is -2.29. The largest absolute Gasteiger partial charge is 0.313 e. The van der Waals surface area contributed by atoms with Crippen molar-refractivity contribution in [1.29, 1.82) is 0 Å². The number of hydrogen-bond donors (Lipinski definition) is 1. The summed E-state index contributed by atoms with van der Waals surface area (Å²) in [7, 11) is 1.84. The Morgan fingerprint density at radius 1 is 1.21 bits per heavy atom. The lowest BCUT2D eigenvalue weighted by atomic mass is 9.80. The van der Waals surface area contributed by atoms with E-state index in [1.807, 2.05) is 7.05 Å². The topological polar surface area (TPSA) is 12.0 Å². The van der Waals surface area contributed by atoms with E-state index >= 15 is 0 Å². The zero-order chi connectivity index (χ0) is 13.6. The average Bonchev–Trinajstić information content (AvgIpc) is 2.99. The Morgan fingerprint density at radius 2 is 2.00 bits per heavy atom. The predicted octanol–water partition coefficient (Wildman–Crippen LogP) is 4.42. The highest BCUT2D eigenvalue weighted by molar-refractivity contribution is 9.10. The SMILES string of the molecule is CNC(c1cc(F)c(Br)cc1F)C1CC2CCC1C2. The normalized spacial score (nSPS) is 30.8. The molecule has 2 aliphatic carbocycles. The van der Waals surface area contributed by atoms with E-state index in [0.29, 0.717) is 17.4 Å². The van der Waals surface area contributed by atoms with E-state index in [1.165, 1.54) is 31.4 Å². The molecule has 2 aliphatic rings. The first-order valence-corrected chi connectivity index (χ1v) is 7.71. The number of benzene rings is 1. The summed E-state index contributed by atoms with van der Waals surface area (Å²) in [4.78, 5) is 0. The third kappa shape index (κ3) is 2.33. The van der Waals surface area contributed by atoms with Gasteiger partial charge in [0.15, 0.2) is 0 Å². The molecule has 104 valence electrons. The van der Waals surface area contributed by atoms with E-state index in [1.54, 1.807) is 0 Å². The summed E-state index contributed by atoms with van der Waals surface area (Å²) < 4.78 is 28.0. The standard InChI is InChI=1S/C15H18BrF2N/c1-19-15(10-5-8-2-3-9(10)4-8)11-6-14(18)12(16)7-13(11)17/h6-10,15,19H,2-5H2,1H3. The summed E-state index contributed by atoms with van der Waals surface area (Å²) >= 11 is 3.03. The summed E-state index contributed by atoms with van der Waals surface area (Å²) in [5, 5.41) is 3.21. The maximum atomic E-state index is 14.1. The quantitative estimate of drug-likeness (QED) is 0.809. The third-order valence-electron chi connectivity index (χ3n) is 4.91. The molecule has 4 unspecified atom stereocenters. The Labute approximate surface area is 120 Å². The molecular formula is C15H18BrF2N. The van der Waals surface area contributed by atoms with E-state index in [0.717, 1.165) is 12.3 Å². The minimum Gasteiger partial charge on any atom is -0.313 e. The van der Waals surface area contributed by atoms with Crippen molar-refractivity contribution in [1.82, 2.24) is 5.32 Å². The number of fused-ring (bicyclic) bond motifs is 2. The summed E-state index contributed by atoms with van der Waals surface area (Å²) in [6.45, 7) is 0. The lowest BCUT2D eigenvalue weighted by Gasteiger charge is -2.31. The molecule has 2 saturated carbocycles. The first-order valence-electron chi connectivity index (χ1n) is 6.92. The molecular weight excluding hydrogens is 312 g/mol. The Morgan fingerprint density at radius 3 is 2.58 bits per heavy atom. The van der Waals surface area contributed by atoms with Crippen molar-refractivity contribution in [3.8, 4) is 0 Å². The van der Waals surface area contributed by atoms with E-state index < -0.39 is 0 Å². The van der Waals surface area contributed by atoms with Crippen LogP contribution in [0.3, 0.4) is 0 Å². The van der Waals surface area contributed by atoms with Crippen LogP contribution in [0.15, 0.2) is 16.6 Å². The number of halogens is 3. The fourth-order valence-corrected chi connectivity index (χ4v) is 4.39. The zero-order valence-corrected chi connectivity index (χ0v) is 12.5. The van der Waals surface area contributed by atoms with E-state index in [4.69, 9.17) is 0 Å². The monoisotopic (exact) mass is 329 g/mol. The molecule has 2 fully saturated rings. The second-order valence-corrected chi connectivity index (χ2v) is 6.75. The van der Waals surface area contributed by atoms with Crippen LogP contribution in [-0.2, 0) is 0 Å². The highest BCUT2D eigenvalue weighted by atomic mass is 79.9. The van der Waals surface area contributed by atoms with Crippen LogP contribution in [0.1, 0.15) is 37.3 Å². The van der Waals surface area contributed by atoms with Gasteiger partial charge in [0.05, 0.1) is 4.47 Å². The van der Waals surface area contributed by atoms with Crippen molar-refractivity contribution >= 4 is 15.9 Å². The van der Waals surface area contributed by atoms with Crippen LogP contribution in [-0.4, -0.2) is 7.05 Å². The first-order chi connectivity index (χ1) is 9.10. The third-order valence-corrected chi connectivity index (χ3v) is 5.51. The van der Waals surface area contributed by atoms with Gasteiger partial charge in [-0.1, -0.05) is 6.42 Å². The molecule has 0 aromatic heterocycles. The minimum absolute atomic E-state index is 0.0714. The van der Waals surface area contributed by atoms with Crippen LogP contribution in [0.25, 0.3) is 0 Å². The zero-order valence-electron chi connectivity index (χ0n) is 10.9. The number of hydrogen-bond acceptors (Lipinski definition) is 1. The molecule has 4 atom stereocenters. The second kappa shape index (κ2) is 5.13. The summed E-state index contributed by atoms with van der Waals surface area (Å²) in [5.41, 5.74) is 0.473. The van der Waals surface area contributed by atoms with Crippen LogP contribution in [0.4, 0.5) is 8.78 Å². The highest BCUT2D eigenvalue weighted by Gasteiger charge is 2.43. The molecule has 0 amide bonds. The Balaban J connectivity index is 1.92. The second-order valence-electron chi connectivity index (χ2n) is 5.89. The van der Waals surface area contributed by atoms with Gasteiger partial charge in [0.2, 0.25) is 0 Å². The fourth-order valence-electron chi connectivity index (χ4n) is 4.08. The molecule has 1 aromatic carbocycles. The smallest absolute Gasteiger partial charge is 0.137 e. The van der Waals surface area contributed by atoms with E-state index in [2.05, 4.69) is 21.2 Å². The first kappa shape index (κ1) is 13.5. The molecule has 1 aromatic rings. The molecule has 1 nitrogen and oxygen atoms in total. The van der Waals surface area contributed by atoms with E-state index in [-0.39, 0.29) is 22.1 Å². The van der Waals surface area contributed by atoms with Crippen LogP contribution in [0, 0.1) is 29.4 Å². The van der Waals surface area contributed by atoms with Gasteiger partial charge in [-0.05, 0) is 72.1 Å². The maximum Gasteiger partial charge on any atom is 0.137 e. The molecule has 2 bridgehead atoms. The van der Waals surface area contributed by atoms with Gasteiger partial charge in [0, 0.05) is 11.6 Å². The average molecular weight is 330 g/mol. The van der Waals surface area contributed by atoms with Crippen LogP contribution in [0.2, 0.25) is 0 Å². The molecule has 0 spiro atoms. The van der Waals surface area contributed by atoms with Gasteiger partial charge < -0.3 is 5.32 Å². The van der Waals surface area contributed by atoms with Crippen molar-refractivity contribution in [2.75, 3.05) is 7.05 Å². The molecule has 19 heavy (non-hydrogen) atoms. The molecule has 3 rings (SSSR count). The number of rotatable bonds is 3. The maximum absolute atomic E-state index is 14.1. The summed E-state index contributed by atoms with van der Waals surface area (Å²) in [5.74, 6) is 1.21. The van der Waals surface area contributed by atoms with Gasteiger partial charge in [0.25, 0.3) is 0 Å². The van der Waals surface area contributed by atoms with Gasteiger partial charge >= 0.3 is 0 Å². The molecule has 0 saturated heterocycles. The van der Waals surface area contributed by atoms with Gasteiger partial charge in [-0.2, -0.15) is 0 Å². The molecule has 0 radical (unpaired) electrons. The summed E-state index contributed by atoms with van der Waals surface area (Å²) in [6, 6.07) is 2.51. The summed E-state index contributed by atoms with van der Waals surface area (Å²) in [6.07, 6.45) is 4.97. The molecule has 1 N–H and O–H groups in total. The van der Waals surface area contributed by atoms with Crippen LogP contribution in [0.5, 0.6) is 0 Å². The van der Waals surface area contributed by atoms with Crippen molar-refractivity contribution in [2.45, 2.75) is 31.7 Å². The number of nitrogens with one attached hydrogen (secondary N) is 1. The Hall–Kier alpha value is -0.480. The van der Waals surface area contributed by atoms with Gasteiger partial charge in [-0.25, -0.2) is 8.78 Å². The van der Waals surface area contributed by atoms with Gasteiger partial charge in [-0.15, -0.1) is 0 Å². The Bertz CT molecular complexity index is 491. The van der Waals surface area contributed by atoms with Crippen molar-refractivity contribution in [3.05, 3.63) is 33.8 Å². The van der Waals surface area contributed by atoms with Crippen molar-refractivity contribution in [2.24, 2.45) is 17.8 Å². The van der Waals surface area contributed by atoms with Gasteiger partial charge in [0.1, 0.15) is 11.6 Å². The van der Waals surface area contributed by atoms with Gasteiger partial charge in [-0.3, -0.25) is 0 Å². The Kier molecular flexibility index (Phi) is 3.65. The molecule has 0 heterocycles. The van der Waals surface area contributed by atoms with Crippen molar-refractivity contribution < 1.29 is 8.78 Å². The lowest BCUT2D eigenvalue weighted by molar-refractivity contribution is 0.255. The van der Waals surface area contributed by atoms with E-state index in [9.17, 15) is 8.78 Å². The molecule has 4 heteroatoms. The highest BCUT2D eigenvalue weighted by Crippen LogP contribution is 2.52. The minimum atomic E-state index is -0.389. The van der Waals surface area contributed by atoms with Crippen molar-refractivity contribution in [3.63, 3.8) is 0 Å². The predicted molar refractivity (Wildman–Crippen MR) is 74.8 cm³/mol. The van der Waals surface area contributed by atoms with Crippen LogP contribution >= 0.6 is 15.9 Å². The fraction of sp³-hybridized carbons (Fsp3) is 0.600. The molecule has 0 aliphatic heterocycles. The van der Waals surface area contributed by atoms with Crippen LogP contribution < -0.4 is 5.32 Å².